The molecule has 0 saturated heterocycles. The Kier molecular flexibility index (Phi) is 4.61. The van der Waals surface area contributed by atoms with Crippen LogP contribution in [0.25, 0.3) is 0 Å². The third-order valence-corrected chi connectivity index (χ3v) is 7.63. The van der Waals surface area contributed by atoms with Gasteiger partial charge in [0.25, 0.3) is 5.91 Å². The number of halogens is 4. The van der Waals surface area contributed by atoms with Crippen molar-refractivity contribution in [3.63, 3.8) is 0 Å². The number of benzene rings is 1. The average molecular weight is 497 g/mol. The van der Waals surface area contributed by atoms with E-state index in [2.05, 4.69) is 20.4 Å². The molecule has 8 nitrogen and oxygen atoms in total. The number of hydrogen-bond donors (Lipinski definition) is 1. The van der Waals surface area contributed by atoms with Crippen LogP contribution in [0.3, 0.4) is 0 Å². The molecule has 1 N–H and O–H groups in total. The highest BCUT2D eigenvalue weighted by Gasteiger charge is 2.70. The fourth-order valence-electron chi connectivity index (χ4n) is 5.71. The highest BCUT2D eigenvalue weighted by Crippen LogP contribution is 2.67. The monoisotopic (exact) mass is 496 g/mol. The number of carbonyl (C=O) groups is 2. The number of aromatic nitrogens is 3. The molecule has 1 aliphatic heterocycles. The van der Waals surface area contributed by atoms with Crippen molar-refractivity contribution in [1.82, 2.24) is 20.3 Å². The van der Waals surface area contributed by atoms with Gasteiger partial charge in [0.15, 0.2) is 11.9 Å². The Balaban J connectivity index is 1.03. The molecule has 2 aromatic rings. The number of alkyl halides is 3. The zero-order valence-corrected chi connectivity index (χ0v) is 18.5. The minimum absolute atomic E-state index is 0.0465. The predicted molar refractivity (Wildman–Crippen MR) is 110 cm³/mol. The molecule has 5 aliphatic rings. The third kappa shape index (κ3) is 3.56. The lowest BCUT2D eigenvalue weighted by Gasteiger charge is -2.69. The molecule has 1 aromatic carbocycles. The van der Waals surface area contributed by atoms with Gasteiger partial charge in [0.2, 0.25) is 0 Å². The van der Waals surface area contributed by atoms with Crippen molar-refractivity contribution in [3.8, 4) is 5.75 Å². The van der Waals surface area contributed by atoms with Crippen LogP contribution in [0.2, 0.25) is 5.02 Å². The molecule has 2 bridgehead atoms. The van der Waals surface area contributed by atoms with Crippen LogP contribution in [0.1, 0.15) is 60.6 Å². The fourth-order valence-corrected chi connectivity index (χ4v) is 5.89. The van der Waals surface area contributed by atoms with Gasteiger partial charge >= 0.3 is 6.36 Å². The Hall–Kier alpha value is -2.66. The highest BCUT2D eigenvalue weighted by molar-refractivity contribution is 6.31. The standard InChI is InChI=1S/C22H20ClF3N4O4/c23-11-1-2-16-14(3-11)15(31)6-17(33-16)19(32)27-21-8-20(9-21,10-21)18-7-30(29-28-18)12-4-13(5-12)34-22(24,25)26/h1-3,7,12-13,17H,4-6,8-10H2,(H,27,32)/t12?,13?,17-,20?,21?/m1/s1. The van der Waals surface area contributed by atoms with Gasteiger partial charge in [-0.1, -0.05) is 16.8 Å². The van der Waals surface area contributed by atoms with E-state index >= 15 is 0 Å². The minimum Gasteiger partial charge on any atom is -0.479 e. The Morgan fingerprint density at radius 3 is 2.71 bits per heavy atom. The first-order chi connectivity index (χ1) is 16.0. The summed E-state index contributed by atoms with van der Waals surface area (Å²) >= 11 is 5.94. The van der Waals surface area contributed by atoms with E-state index in [4.69, 9.17) is 16.3 Å². The van der Waals surface area contributed by atoms with E-state index < -0.39 is 18.6 Å². The molecular formula is C22H20ClF3N4O4. The lowest BCUT2D eigenvalue weighted by atomic mass is 9.38. The summed E-state index contributed by atoms with van der Waals surface area (Å²) in [5.41, 5.74) is 0.643. The number of fused-ring (bicyclic) bond motifs is 1. The zero-order valence-electron chi connectivity index (χ0n) is 17.8. The number of amides is 1. The van der Waals surface area contributed by atoms with Gasteiger partial charge in [-0.05, 0) is 50.3 Å². The maximum Gasteiger partial charge on any atom is 0.522 e. The number of Topliss-reactive ketones (excluding diaryl/α,β-unsaturated/α-hetero) is 1. The smallest absolute Gasteiger partial charge is 0.479 e. The van der Waals surface area contributed by atoms with Gasteiger partial charge in [0, 0.05) is 22.2 Å². The molecule has 12 heteroatoms. The molecule has 0 unspecified atom stereocenters. The number of carbonyl (C=O) groups excluding carboxylic acids is 2. The van der Waals surface area contributed by atoms with Crippen molar-refractivity contribution >= 4 is 23.3 Å². The van der Waals surface area contributed by atoms with E-state index in [1.54, 1.807) is 29.1 Å². The molecular weight excluding hydrogens is 477 g/mol. The van der Waals surface area contributed by atoms with Crippen LogP contribution >= 0.6 is 11.6 Å². The molecule has 1 atom stereocenters. The summed E-state index contributed by atoms with van der Waals surface area (Å²) in [7, 11) is 0. The van der Waals surface area contributed by atoms with Gasteiger partial charge in [0.1, 0.15) is 5.75 Å². The number of nitrogens with one attached hydrogen (secondary N) is 1. The van der Waals surface area contributed by atoms with Gasteiger partial charge < -0.3 is 10.1 Å². The molecule has 4 fully saturated rings. The summed E-state index contributed by atoms with van der Waals surface area (Å²) in [6.07, 6.45) is -2.04. The molecule has 1 aromatic heterocycles. The quantitative estimate of drug-likeness (QED) is 0.681. The second kappa shape index (κ2) is 7.17. The first-order valence-electron chi connectivity index (χ1n) is 11.0. The first kappa shape index (κ1) is 21.8. The van der Waals surface area contributed by atoms with E-state index in [-0.39, 0.29) is 47.9 Å². The van der Waals surface area contributed by atoms with Crippen LogP contribution in [0.5, 0.6) is 5.75 Å². The third-order valence-electron chi connectivity index (χ3n) is 7.39. The molecule has 4 aliphatic carbocycles. The number of nitrogens with zero attached hydrogens (tertiary/aromatic N) is 3. The molecule has 7 rings (SSSR count). The first-order valence-corrected chi connectivity index (χ1v) is 11.4. The Morgan fingerprint density at radius 2 is 2.00 bits per heavy atom. The largest absolute Gasteiger partial charge is 0.522 e. The van der Waals surface area contributed by atoms with Crippen molar-refractivity contribution in [2.24, 2.45) is 0 Å². The van der Waals surface area contributed by atoms with E-state index in [0.717, 1.165) is 5.69 Å². The lowest BCUT2D eigenvalue weighted by molar-refractivity contribution is -0.353. The average Bonchev–Trinajstić information content (AvgIpc) is 3.14. The van der Waals surface area contributed by atoms with Crippen LogP contribution in [0, 0.1) is 0 Å². The normalized spacial score (nSPS) is 33.6. The van der Waals surface area contributed by atoms with Crippen molar-refractivity contribution in [3.05, 3.63) is 40.7 Å². The summed E-state index contributed by atoms with van der Waals surface area (Å²) in [6, 6.07) is 4.58. The van der Waals surface area contributed by atoms with Crippen molar-refractivity contribution in [2.45, 2.75) is 74.1 Å². The lowest BCUT2D eigenvalue weighted by Crippen LogP contribution is -2.77. The van der Waals surface area contributed by atoms with Crippen LogP contribution < -0.4 is 10.1 Å². The van der Waals surface area contributed by atoms with Gasteiger partial charge in [-0.3, -0.25) is 14.3 Å². The molecule has 0 spiro atoms. The van der Waals surface area contributed by atoms with Crippen LogP contribution in [-0.4, -0.2) is 50.8 Å². The molecule has 34 heavy (non-hydrogen) atoms. The maximum absolute atomic E-state index is 12.8. The summed E-state index contributed by atoms with van der Waals surface area (Å²) < 4.78 is 48.3. The number of hydrogen-bond acceptors (Lipinski definition) is 6. The van der Waals surface area contributed by atoms with Crippen molar-refractivity contribution in [1.29, 1.82) is 0 Å². The number of ether oxygens (including phenoxy) is 2. The van der Waals surface area contributed by atoms with E-state index in [1.165, 1.54) is 0 Å². The summed E-state index contributed by atoms with van der Waals surface area (Å²) in [5, 5.41) is 11.8. The second-order valence-corrected chi connectivity index (χ2v) is 10.3. The Bertz CT molecular complexity index is 1170. The van der Waals surface area contributed by atoms with E-state index in [9.17, 15) is 22.8 Å². The van der Waals surface area contributed by atoms with E-state index in [0.29, 0.717) is 35.6 Å². The van der Waals surface area contributed by atoms with E-state index in [1.807, 2.05) is 0 Å². The number of rotatable bonds is 5. The SMILES string of the molecule is O=C1C[C@H](C(=O)NC23CC(c4cn(C5CC(OC(F)(F)F)C5)nn4)(C2)C3)Oc2ccc(Cl)cc21. The van der Waals surface area contributed by atoms with Gasteiger partial charge in [0.05, 0.1) is 29.8 Å². The van der Waals surface area contributed by atoms with Gasteiger partial charge in [-0.25, -0.2) is 4.68 Å². The van der Waals surface area contributed by atoms with Crippen molar-refractivity contribution in [2.75, 3.05) is 0 Å². The molecule has 1 amide bonds. The summed E-state index contributed by atoms with van der Waals surface area (Å²) in [4.78, 5) is 25.2. The Labute approximate surface area is 196 Å². The van der Waals surface area contributed by atoms with Gasteiger partial charge in [-0.2, -0.15) is 0 Å². The summed E-state index contributed by atoms with van der Waals surface area (Å²) in [6.45, 7) is 0. The number of ketones is 1. The maximum atomic E-state index is 12.8. The highest BCUT2D eigenvalue weighted by atomic mass is 35.5. The van der Waals surface area contributed by atoms with Crippen LogP contribution in [0.15, 0.2) is 24.4 Å². The predicted octanol–water partition coefficient (Wildman–Crippen LogP) is 3.50. The topological polar surface area (TPSA) is 95.3 Å². The van der Waals surface area contributed by atoms with Crippen LogP contribution in [0.4, 0.5) is 13.2 Å². The molecule has 0 radical (unpaired) electrons. The van der Waals surface area contributed by atoms with Crippen LogP contribution in [-0.2, 0) is 14.9 Å². The molecule has 180 valence electrons. The Morgan fingerprint density at radius 1 is 1.26 bits per heavy atom. The van der Waals surface area contributed by atoms with Gasteiger partial charge in [-0.15, -0.1) is 18.3 Å². The zero-order chi connectivity index (χ0) is 23.9. The summed E-state index contributed by atoms with van der Waals surface area (Å²) in [5.74, 6) is -0.158. The molecule has 4 saturated carbocycles. The minimum atomic E-state index is -4.62. The molecule has 2 heterocycles. The van der Waals surface area contributed by atoms with Crippen molar-refractivity contribution < 1.29 is 32.2 Å². The fraction of sp³-hybridized carbons (Fsp3) is 0.545. The second-order valence-electron chi connectivity index (χ2n) is 9.85.